The Morgan fingerprint density at radius 2 is 0.476 bits per heavy atom. The van der Waals surface area contributed by atoms with E-state index in [-0.39, 0.29) is 37.5 Å². The molecule has 0 radical (unpaired) electrons. The second-order valence-corrected chi connectivity index (χ2v) is 22.0. The molecule has 6 nitrogen and oxygen atoms in total. The van der Waals surface area contributed by atoms with Crippen molar-refractivity contribution in [3.8, 4) is 0 Å². The number of ether oxygens (including phenoxy) is 3. The molecule has 0 amide bonds. The van der Waals surface area contributed by atoms with Gasteiger partial charge in [-0.1, -0.05) is 301 Å². The summed E-state index contributed by atoms with van der Waals surface area (Å²) in [5, 5.41) is 0. The first kappa shape index (κ1) is 77.3. The van der Waals surface area contributed by atoms with E-state index in [0.29, 0.717) is 12.8 Å². The molecule has 0 aliphatic carbocycles. The molecule has 0 N–H and O–H groups in total. The van der Waals surface area contributed by atoms with Gasteiger partial charge in [-0.25, -0.2) is 0 Å². The minimum Gasteiger partial charge on any atom is -0.462 e. The van der Waals surface area contributed by atoms with Gasteiger partial charge in [0, 0.05) is 19.3 Å². The largest absolute Gasteiger partial charge is 0.462 e. The lowest BCUT2D eigenvalue weighted by Crippen LogP contribution is -2.30. The zero-order valence-corrected chi connectivity index (χ0v) is 53.2. The Kier molecular flexibility index (Phi) is 64.8. The van der Waals surface area contributed by atoms with E-state index in [1.54, 1.807) is 0 Å². The molecule has 1 atom stereocenters. The second kappa shape index (κ2) is 68.8. The fourth-order valence-electron chi connectivity index (χ4n) is 9.10. The highest BCUT2D eigenvalue weighted by atomic mass is 16.6. The average Bonchev–Trinajstić information content (AvgIpc) is 3.48. The summed E-state index contributed by atoms with van der Waals surface area (Å²) >= 11 is 0. The van der Waals surface area contributed by atoms with E-state index < -0.39 is 6.10 Å². The summed E-state index contributed by atoms with van der Waals surface area (Å²) in [5.74, 6) is -0.928. The van der Waals surface area contributed by atoms with Crippen LogP contribution in [0.1, 0.15) is 297 Å². The topological polar surface area (TPSA) is 78.9 Å². The van der Waals surface area contributed by atoms with Crippen LogP contribution in [0.5, 0.6) is 0 Å². The van der Waals surface area contributed by atoms with Crippen molar-refractivity contribution in [2.24, 2.45) is 0 Å². The van der Waals surface area contributed by atoms with Crippen LogP contribution in [0, 0.1) is 0 Å². The molecule has 82 heavy (non-hydrogen) atoms. The van der Waals surface area contributed by atoms with E-state index in [0.717, 1.165) is 141 Å². The van der Waals surface area contributed by atoms with Crippen LogP contribution >= 0.6 is 0 Å². The molecule has 0 aromatic rings. The zero-order chi connectivity index (χ0) is 59.2. The number of esters is 3. The van der Waals surface area contributed by atoms with Crippen LogP contribution < -0.4 is 0 Å². The van der Waals surface area contributed by atoms with Gasteiger partial charge in [0.15, 0.2) is 6.10 Å². The number of carbonyl (C=O) groups excluding carboxylic acids is 3. The Hall–Kier alpha value is -4.71. The molecule has 1 unspecified atom stereocenters. The van der Waals surface area contributed by atoms with Gasteiger partial charge < -0.3 is 14.2 Å². The standard InChI is InChI=1S/C76H124O6/c1-4-7-10-13-16-19-21-23-25-27-29-31-33-35-36-37-38-39-40-42-43-45-47-49-51-53-55-57-60-63-66-69-75(78)81-72-73(71-80-74(77)68-65-62-59-18-15-12-9-6-3)82-76(79)70-67-64-61-58-56-54-52-50-48-46-44-41-34-32-30-28-26-24-22-20-17-14-11-8-5-2/h7-8,10-11,16-17,19-20,23-26,29-32,35-36,41,44,48,50,54,56,73H,4-6,9,12-15,18,21-22,27-28,33-34,37-40,42-43,45-47,49,51-53,55,57-72H2,1-3H3/b10-7-,11-8-,19-16-,20-17-,25-23-,26-24-,31-29-,32-30-,36-35-,44-41-,50-48-,56-54-. The van der Waals surface area contributed by atoms with E-state index in [1.165, 1.54) is 116 Å². The van der Waals surface area contributed by atoms with E-state index >= 15 is 0 Å². The molecule has 0 aromatic heterocycles. The Bertz CT molecular complexity index is 1780. The maximum atomic E-state index is 12.9. The Labute approximate surface area is 506 Å². The summed E-state index contributed by atoms with van der Waals surface area (Å²) in [6.07, 6.45) is 98.8. The minimum absolute atomic E-state index is 0.0934. The Morgan fingerprint density at radius 3 is 0.756 bits per heavy atom. The fourth-order valence-corrected chi connectivity index (χ4v) is 9.10. The van der Waals surface area contributed by atoms with Gasteiger partial charge in [0.05, 0.1) is 0 Å². The van der Waals surface area contributed by atoms with Crippen molar-refractivity contribution in [2.45, 2.75) is 303 Å². The van der Waals surface area contributed by atoms with Gasteiger partial charge in [-0.15, -0.1) is 0 Å². The van der Waals surface area contributed by atoms with Crippen molar-refractivity contribution in [1.82, 2.24) is 0 Å². The third kappa shape index (κ3) is 66.1. The van der Waals surface area contributed by atoms with Crippen molar-refractivity contribution in [3.63, 3.8) is 0 Å². The summed E-state index contributed by atoms with van der Waals surface area (Å²) in [6, 6.07) is 0. The highest BCUT2D eigenvalue weighted by molar-refractivity contribution is 5.71. The molecule has 0 bridgehead atoms. The first-order chi connectivity index (χ1) is 40.5. The van der Waals surface area contributed by atoms with E-state index in [1.807, 2.05) is 0 Å². The lowest BCUT2D eigenvalue weighted by atomic mass is 10.0. The van der Waals surface area contributed by atoms with Crippen LogP contribution in [0.2, 0.25) is 0 Å². The summed E-state index contributed by atoms with van der Waals surface area (Å²) in [5.41, 5.74) is 0. The van der Waals surface area contributed by atoms with Gasteiger partial charge in [0.1, 0.15) is 13.2 Å². The quantitative estimate of drug-likeness (QED) is 0.0261. The van der Waals surface area contributed by atoms with Crippen LogP contribution in [0.15, 0.2) is 146 Å². The van der Waals surface area contributed by atoms with Crippen molar-refractivity contribution >= 4 is 17.9 Å². The van der Waals surface area contributed by atoms with Crippen LogP contribution in [-0.4, -0.2) is 37.2 Å². The third-order valence-corrected chi connectivity index (χ3v) is 14.1. The fraction of sp³-hybridized carbons (Fsp3) is 0.645. The summed E-state index contributed by atoms with van der Waals surface area (Å²) in [7, 11) is 0. The molecule has 464 valence electrons. The molecule has 6 heteroatoms. The number of carbonyl (C=O) groups is 3. The highest BCUT2D eigenvalue weighted by Gasteiger charge is 2.19. The molecule has 0 spiro atoms. The van der Waals surface area contributed by atoms with E-state index in [4.69, 9.17) is 14.2 Å². The van der Waals surface area contributed by atoms with Crippen LogP contribution in [-0.2, 0) is 28.6 Å². The first-order valence-electron chi connectivity index (χ1n) is 33.8. The number of unbranched alkanes of at least 4 members (excludes halogenated alkanes) is 25. The minimum atomic E-state index is -0.799. The maximum absolute atomic E-state index is 12.9. The molecule has 0 rings (SSSR count). The van der Waals surface area contributed by atoms with Gasteiger partial charge in [-0.2, -0.15) is 0 Å². The van der Waals surface area contributed by atoms with E-state index in [9.17, 15) is 14.4 Å². The number of hydrogen-bond acceptors (Lipinski definition) is 6. The molecule has 0 aliphatic heterocycles. The SMILES string of the molecule is CC/C=C\C/C=C\C/C=C\C/C=C\C/C=C\C/C=C\C/C=C\CCCCCC(=O)OC(COC(=O)CCCCCCCCCC)COC(=O)CCCCCCCCCCCCCCCCC/C=C\C/C=C\C/C=C\C/C=C\C/C=C\CC. The molecule has 0 fully saturated rings. The van der Waals surface area contributed by atoms with Gasteiger partial charge in [-0.05, 0) is 122 Å². The summed E-state index contributed by atoms with van der Waals surface area (Å²) in [4.78, 5) is 38.2. The van der Waals surface area contributed by atoms with Crippen molar-refractivity contribution in [1.29, 1.82) is 0 Å². The van der Waals surface area contributed by atoms with Crippen molar-refractivity contribution in [2.75, 3.05) is 13.2 Å². The lowest BCUT2D eigenvalue weighted by molar-refractivity contribution is -0.167. The zero-order valence-electron chi connectivity index (χ0n) is 53.2. The monoisotopic (exact) mass is 1130 g/mol. The van der Waals surface area contributed by atoms with Crippen molar-refractivity contribution in [3.05, 3.63) is 146 Å². The van der Waals surface area contributed by atoms with Gasteiger partial charge in [0.25, 0.3) is 0 Å². The molecular weight excluding hydrogens is 1010 g/mol. The van der Waals surface area contributed by atoms with Crippen LogP contribution in [0.4, 0.5) is 0 Å². The third-order valence-electron chi connectivity index (χ3n) is 14.1. The van der Waals surface area contributed by atoms with E-state index in [2.05, 4.69) is 167 Å². The Balaban J connectivity index is 4.21. The number of allylic oxidation sites excluding steroid dienone is 24. The molecule has 0 saturated heterocycles. The predicted octanol–water partition coefficient (Wildman–Crippen LogP) is 23.5. The van der Waals surface area contributed by atoms with Gasteiger partial charge in [-0.3, -0.25) is 14.4 Å². The Morgan fingerprint density at radius 1 is 0.256 bits per heavy atom. The second-order valence-electron chi connectivity index (χ2n) is 22.0. The maximum Gasteiger partial charge on any atom is 0.306 e. The number of rotatable bonds is 60. The summed E-state index contributed by atoms with van der Waals surface area (Å²) < 4.78 is 16.9. The molecule has 0 heterocycles. The predicted molar refractivity (Wildman–Crippen MR) is 357 cm³/mol. The first-order valence-corrected chi connectivity index (χ1v) is 33.8. The number of hydrogen-bond donors (Lipinski definition) is 0. The molecule has 0 aromatic carbocycles. The van der Waals surface area contributed by atoms with Crippen LogP contribution in [0.25, 0.3) is 0 Å². The smallest absolute Gasteiger partial charge is 0.306 e. The molecular formula is C76H124O6. The van der Waals surface area contributed by atoms with Crippen LogP contribution in [0.3, 0.4) is 0 Å². The summed E-state index contributed by atoms with van der Waals surface area (Å²) in [6.45, 7) is 6.36. The normalized spacial score (nSPS) is 13.1. The average molecular weight is 1130 g/mol. The molecule has 0 aliphatic rings. The van der Waals surface area contributed by atoms with Gasteiger partial charge >= 0.3 is 17.9 Å². The lowest BCUT2D eigenvalue weighted by Gasteiger charge is -2.18. The van der Waals surface area contributed by atoms with Gasteiger partial charge in [0.2, 0.25) is 0 Å². The highest BCUT2D eigenvalue weighted by Crippen LogP contribution is 2.16. The molecule has 0 saturated carbocycles. The van der Waals surface area contributed by atoms with Crippen molar-refractivity contribution < 1.29 is 28.6 Å².